The monoisotopic (exact) mass is 435 g/mol. The Morgan fingerprint density at radius 2 is 1.77 bits per heavy atom. The van der Waals surface area contributed by atoms with Crippen LogP contribution >= 0.6 is 11.6 Å². The number of halogens is 1. The van der Waals surface area contributed by atoms with E-state index in [-0.39, 0.29) is 0 Å². The summed E-state index contributed by atoms with van der Waals surface area (Å²) in [6, 6.07) is 20.5. The molecule has 0 aliphatic carbocycles. The van der Waals surface area contributed by atoms with Crippen molar-refractivity contribution in [3.8, 4) is 23.3 Å². The second kappa shape index (κ2) is 10.9. The summed E-state index contributed by atoms with van der Waals surface area (Å²) in [5, 5.41) is 13.9. The minimum atomic E-state index is 0.330. The number of hydrogen-bond acceptors (Lipinski definition) is 6. The Kier molecular flexibility index (Phi) is 7.74. The Morgan fingerprint density at radius 1 is 0.968 bits per heavy atom. The number of rotatable bonds is 9. The number of ether oxygens (including phenoxy) is 3. The molecule has 6 nitrogen and oxygen atoms in total. The van der Waals surface area contributed by atoms with E-state index in [1.807, 2.05) is 30.3 Å². The molecular formula is C24H22ClN3O3. The predicted octanol–water partition coefficient (Wildman–Crippen LogP) is 4.93. The van der Waals surface area contributed by atoms with Gasteiger partial charge >= 0.3 is 0 Å². The highest BCUT2D eigenvalue weighted by Crippen LogP contribution is 2.27. The van der Waals surface area contributed by atoms with Gasteiger partial charge in [0, 0.05) is 10.6 Å². The zero-order chi connectivity index (χ0) is 22.1. The number of nitrogens with one attached hydrogen (secondary N) is 1. The van der Waals surface area contributed by atoms with Crippen molar-refractivity contribution in [1.29, 1.82) is 5.26 Å². The molecule has 0 aliphatic heterocycles. The van der Waals surface area contributed by atoms with Gasteiger partial charge in [-0.15, -0.1) is 0 Å². The van der Waals surface area contributed by atoms with Crippen LogP contribution in [0.5, 0.6) is 17.2 Å². The number of methoxy groups -OCH3 is 2. The maximum atomic E-state index is 9.04. The smallest absolute Gasteiger partial charge is 0.161 e. The van der Waals surface area contributed by atoms with Crippen LogP contribution in [0.4, 0.5) is 0 Å². The van der Waals surface area contributed by atoms with E-state index in [1.54, 1.807) is 50.8 Å². The Bertz CT molecular complexity index is 1110. The third-order valence-electron chi connectivity index (χ3n) is 4.45. The van der Waals surface area contributed by atoms with Gasteiger partial charge in [-0.05, 0) is 53.6 Å². The Morgan fingerprint density at radius 3 is 2.55 bits per heavy atom. The fraction of sp³-hybridized carbons (Fsp3) is 0.167. The molecule has 158 valence electrons. The van der Waals surface area contributed by atoms with E-state index in [0.717, 1.165) is 16.7 Å². The molecule has 3 aromatic rings. The molecule has 1 N–H and O–H groups in total. The van der Waals surface area contributed by atoms with Gasteiger partial charge in [-0.3, -0.25) is 0 Å². The number of nitrogens with zero attached hydrogens (tertiary/aromatic N) is 2. The zero-order valence-corrected chi connectivity index (χ0v) is 18.0. The summed E-state index contributed by atoms with van der Waals surface area (Å²) in [5.74, 6) is 1.98. The van der Waals surface area contributed by atoms with Crippen molar-refractivity contribution < 1.29 is 14.2 Å². The summed E-state index contributed by atoms with van der Waals surface area (Å²) >= 11 is 6.14. The topological polar surface area (TPSA) is 75.9 Å². The van der Waals surface area contributed by atoms with Crippen LogP contribution in [0.3, 0.4) is 0 Å². The van der Waals surface area contributed by atoms with Crippen LogP contribution in [0.25, 0.3) is 0 Å². The van der Waals surface area contributed by atoms with Crippen molar-refractivity contribution >= 4 is 17.8 Å². The van der Waals surface area contributed by atoms with Crippen LogP contribution in [0, 0.1) is 11.3 Å². The average Bonchev–Trinajstić information content (AvgIpc) is 2.81. The molecule has 0 amide bonds. The van der Waals surface area contributed by atoms with E-state index in [4.69, 9.17) is 31.1 Å². The quantitative estimate of drug-likeness (QED) is 0.381. The Hall–Kier alpha value is -3.69. The molecule has 31 heavy (non-hydrogen) atoms. The number of benzene rings is 3. The fourth-order valence-electron chi connectivity index (χ4n) is 2.89. The van der Waals surface area contributed by atoms with E-state index in [0.29, 0.717) is 41.0 Å². The van der Waals surface area contributed by atoms with Crippen LogP contribution in [0.1, 0.15) is 22.3 Å². The van der Waals surface area contributed by atoms with Gasteiger partial charge in [0.05, 0.1) is 38.6 Å². The van der Waals surface area contributed by atoms with Crippen LogP contribution in [0.15, 0.2) is 65.8 Å². The van der Waals surface area contributed by atoms with Crippen LogP contribution < -0.4 is 19.6 Å². The highest BCUT2D eigenvalue weighted by atomic mass is 35.5. The molecule has 0 radical (unpaired) electrons. The first kappa shape index (κ1) is 22.0. The SMILES string of the molecule is COc1ccc(CN/N=C\c2cc(Cl)ccc2OCc2cccc(C#N)c2)cc1OC. The van der Waals surface area contributed by atoms with Crippen molar-refractivity contribution in [2.75, 3.05) is 14.2 Å². The molecular weight excluding hydrogens is 414 g/mol. The number of hydrazone groups is 1. The average molecular weight is 436 g/mol. The first-order chi connectivity index (χ1) is 15.1. The highest BCUT2D eigenvalue weighted by Gasteiger charge is 2.06. The van der Waals surface area contributed by atoms with Crippen LogP contribution in [-0.4, -0.2) is 20.4 Å². The van der Waals surface area contributed by atoms with Crippen molar-refractivity contribution in [2.24, 2.45) is 5.10 Å². The standard InChI is InChI=1S/C24H22ClN3O3/c1-29-23-8-6-18(11-24(23)30-2)14-27-28-15-20-12-21(25)7-9-22(20)31-16-19-5-3-4-17(10-19)13-26/h3-12,15,27H,14,16H2,1-2H3/b28-15-. The lowest BCUT2D eigenvalue weighted by molar-refractivity contribution is 0.306. The van der Waals surface area contributed by atoms with Gasteiger partial charge in [0.1, 0.15) is 12.4 Å². The predicted molar refractivity (Wildman–Crippen MR) is 121 cm³/mol. The van der Waals surface area contributed by atoms with Gasteiger partial charge in [-0.2, -0.15) is 10.4 Å². The molecule has 0 fully saturated rings. The molecule has 0 aromatic heterocycles. The Balaban J connectivity index is 1.65. The van der Waals surface area contributed by atoms with E-state index in [2.05, 4.69) is 16.6 Å². The van der Waals surface area contributed by atoms with Crippen LogP contribution in [0.2, 0.25) is 5.02 Å². The molecule has 0 bridgehead atoms. The van der Waals surface area contributed by atoms with E-state index in [1.165, 1.54) is 0 Å². The van der Waals surface area contributed by atoms with E-state index < -0.39 is 0 Å². The van der Waals surface area contributed by atoms with Crippen molar-refractivity contribution in [3.63, 3.8) is 0 Å². The van der Waals surface area contributed by atoms with Gasteiger partial charge in [0.25, 0.3) is 0 Å². The summed E-state index contributed by atoms with van der Waals surface area (Å²) in [6.07, 6.45) is 1.66. The largest absolute Gasteiger partial charge is 0.493 e. The van der Waals surface area contributed by atoms with Crippen molar-refractivity contribution in [1.82, 2.24) is 5.43 Å². The molecule has 0 atom stereocenters. The molecule has 0 saturated heterocycles. The van der Waals surface area contributed by atoms with Gasteiger partial charge < -0.3 is 19.6 Å². The molecule has 0 unspecified atom stereocenters. The first-order valence-electron chi connectivity index (χ1n) is 9.51. The fourth-order valence-corrected chi connectivity index (χ4v) is 3.07. The molecule has 0 aliphatic rings. The second-order valence-electron chi connectivity index (χ2n) is 6.57. The normalized spacial score (nSPS) is 10.5. The lowest BCUT2D eigenvalue weighted by atomic mass is 10.1. The lowest BCUT2D eigenvalue weighted by Gasteiger charge is -2.10. The van der Waals surface area contributed by atoms with E-state index >= 15 is 0 Å². The molecule has 3 aromatic carbocycles. The van der Waals surface area contributed by atoms with Crippen LogP contribution in [-0.2, 0) is 13.2 Å². The maximum absolute atomic E-state index is 9.04. The lowest BCUT2D eigenvalue weighted by Crippen LogP contribution is -2.06. The zero-order valence-electron chi connectivity index (χ0n) is 17.3. The maximum Gasteiger partial charge on any atom is 0.161 e. The number of nitriles is 1. The number of hydrogen-bond donors (Lipinski definition) is 1. The summed E-state index contributed by atoms with van der Waals surface area (Å²) < 4.78 is 16.5. The van der Waals surface area contributed by atoms with Gasteiger partial charge in [-0.25, -0.2) is 0 Å². The Labute approximate surface area is 186 Å². The molecule has 0 saturated carbocycles. The van der Waals surface area contributed by atoms with Crippen molar-refractivity contribution in [3.05, 3.63) is 87.9 Å². The second-order valence-corrected chi connectivity index (χ2v) is 7.00. The van der Waals surface area contributed by atoms with E-state index in [9.17, 15) is 0 Å². The third kappa shape index (κ3) is 6.14. The summed E-state index contributed by atoms with van der Waals surface area (Å²) in [4.78, 5) is 0. The molecule has 0 spiro atoms. The molecule has 7 heteroatoms. The molecule has 3 rings (SSSR count). The highest BCUT2D eigenvalue weighted by molar-refractivity contribution is 6.30. The van der Waals surface area contributed by atoms with Gasteiger partial charge in [0.2, 0.25) is 0 Å². The summed E-state index contributed by atoms with van der Waals surface area (Å²) in [6.45, 7) is 0.839. The minimum absolute atomic E-state index is 0.330. The summed E-state index contributed by atoms with van der Waals surface area (Å²) in [5.41, 5.74) is 6.25. The van der Waals surface area contributed by atoms with Gasteiger partial charge in [-0.1, -0.05) is 29.8 Å². The van der Waals surface area contributed by atoms with Crippen molar-refractivity contribution in [2.45, 2.75) is 13.2 Å². The minimum Gasteiger partial charge on any atom is -0.493 e. The third-order valence-corrected chi connectivity index (χ3v) is 4.68. The van der Waals surface area contributed by atoms with Gasteiger partial charge in [0.15, 0.2) is 11.5 Å². The summed E-state index contributed by atoms with van der Waals surface area (Å²) in [7, 11) is 3.20. The molecule has 0 heterocycles. The first-order valence-corrected chi connectivity index (χ1v) is 9.89.